The zero-order valence-electron chi connectivity index (χ0n) is 11.3. The fourth-order valence-corrected chi connectivity index (χ4v) is 2.63. The van der Waals surface area contributed by atoms with E-state index in [0.29, 0.717) is 12.2 Å². The highest BCUT2D eigenvalue weighted by molar-refractivity contribution is 5.27. The second-order valence-corrected chi connectivity index (χ2v) is 4.87. The van der Waals surface area contributed by atoms with Gasteiger partial charge in [-0.25, -0.2) is 0 Å². The predicted octanol–water partition coefficient (Wildman–Crippen LogP) is 1.90. The van der Waals surface area contributed by atoms with Crippen LogP contribution in [0.2, 0.25) is 0 Å². The molecule has 1 atom stereocenters. The largest absolute Gasteiger partial charge is 0.493 e. The maximum absolute atomic E-state index is 10.4. The number of methoxy groups -OCH3 is 2. The number of hydrogen-bond donors (Lipinski definition) is 1. The minimum absolute atomic E-state index is 0.159. The second-order valence-electron chi connectivity index (χ2n) is 4.87. The van der Waals surface area contributed by atoms with Crippen LogP contribution >= 0.6 is 0 Å². The van der Waals surface area contributed by atoms with E-state index in [-0.39, 0.29) is 5.60 Å². The van der Waals surface area contributed by atoms with Crippen molar-refractivity contribution in [3.8, 4) is 5.75 Å². The van der Waals surface area contributed by atoms with E-state index in [1.807, 2.05) is 6.92 Å². The summed E-state index contributed by atoms with van der Waals surface area (Å²) < 4.78 is 12.6. The van der Waals surface area contributed by atoms with Gasteiger partial charge in [0.2, 0.25) is 0 Å². The Morgan fingerprint density at radius 1 is 1.50 bits per heavy atom. The summed E-state index contributed by atoms with van der Waals surface area (Å²) in [5, 5.41) is 14.7. The second kappa shape index (κ2) is 5.28. The van der Waals surface area contributed by atoms with Crippen molar-refractivity contribution in [3.63, 3.8) is 0 Å². The third-order valence-corrected chi connectivity index (χ3v) is 3.94. The number of hydrogen-bond acceptors (Lipinski definition) is 4. The smallest absolute Gasteiger partial charge is 0.162 e. The van der Waals surface area contributed by atoms with Crippen molar-refractivity contribution in [2.75, 3.05) is 14.2 Å². The van der Waals surface area contributed by atoms with Gasteiger partial charge in [0.25, 0.3) is 0 Å². The van der Waals surface area contributed by atoms with Gasteiger partial charge in [0.05, 0.1) is 18.9 Å². The van der Waals surface area contributed by atoms with Crippen LogP contribution in [0, 0.1) is 0 Å². The third-order valence-electron chi connectivity index (χ3n) is 3.94. The Morgan fingerprint density at radius 3 is 2.67 bits per heavy atom. The van der Waals surface area contributed by atoms with Crippen LogP contribution in [0.1, 0.15) is 44.4 Å². The molecule has 5 heteroatoms. The molecule has 1 N–H and O–H groups in total. The molecule has 1 aromatic rings. The first-order valence-electron chi connectivity index (χ1n) is 6.48. The number of ether oxygens (including phenoxy) is 2. The summed E-state index contributed by atoms with van der Waals surface area (Å²) in [6, 6.07) is 0. The van der Waals surface area contributed by atoms with Gasteiger partial charge in [-0.3, -0.25) is 4.68 Å². The molecule has 0 spiro atoms. The monoisotopic (exact) mass is 254 g/mol. The third kappa shape index (κ3) is 2.24. The highest BCUT2D eigenvalue weighted by Crippen LogP contribution is 2.43. The number of rotatable bonds is 6. The van der Waals surface area contributed by atoms with E-state index in [4.69, 9.17) is 9.47 Å². The lowest BCUT2D eigenvalue weighted by atomic mass is 9.75. The van der Waals surface area contributed by atoms with Crippen LogP contribution in [0.4, 0.5) is 0 Å². The summed E-state index contributed by atoms with van der Waals surface area (Å²) in [7, 11) is 3.32. The summed E-state index contributed by atoms with van der Waals surface area (Å²) in [4.78, 5) is 0. The summed E-state index contributed by atoms with van der Waals surface area (Å²) in [5.41, 5.74) is 0.594. The summed E-state index contributed by atoms with van der Waals surface area (Å²) in [6.45, 7) is 2.72. The van der Waals surface area contributed by atoms with Crippen molar-refractivity contribution in [1.82, 2.24) is 9.78 Å². The Kier molecular flexibility index (Phi) is 3.92. The van der Waals surface area contributed by atoms with Gasteiger partial charge in [-0.15, -0.1) is 0 Å². The standard InChI is InChI=1S/C13H22N2O3/c1-4-15-12(11(17-2)9-14-15)10(16)8-13(18-3)6-5-7-13/h9-10,16H,4-8H2,1-3H3. The number of aliphatic hydroxyl groups excluding tert-OH is 1. The highest BCUT2D eigenvalue weighted by Gasteiger charge is 2.40. The lowest BCUT2D eigenvalue weighted by Gasteiger charge is -2.41. The van der Waals surface area contributed by atoms with Gasteiger partial charge in [0, 0.05) is 20.1 Å². The topological polar surface area (TPSA) is 56.5 Å². The number of aromatic nitrogens is 2. The molecule has 0 saturated heterocycles. The minimum atomic E-state index is -0.595. The zero-order chi connectivity index (χ0) is 13.2. The molecule has 18 heavy (non-hydrogen) atoms. The van der Waals surface area contributed by atoms with E-state index in [1.54, 1.807) is 25.1 Å². The van der Waals surface area contributed by atoms with Gasteiger partial charge in [-0.2, -0.15) is 5.10 Å². The van der Waals surface area contributed by atoms with Crippen molar-refractivity contribution < 1.29 is 14.6 Å². The van der Waals surface area contributed by atoms with Crippen LogP contribution < -0.4 is 4.74 Å². The van der Waals surface area contributed by atoms with Gasteiger partial charge in [0.15, 0.2) is 5.75 Å². The van der Waals surface area contributed by atoms with E-state index in [2.05, 4.69) is 5.10 Å². The van der Waals surface area contributed by atoms with Crippen LogP contribution in [-0.2, 0) is 11.3 Å². The van der Waals surface area contributed by atoms with Crippen molar-refractivity contribution >= 4 is 0 Å². The molecule has 1 saturated carbocycles. The van der Waals surface area contributed by atoms with Crippen molar-refractivity contribution in [1.29, 1.82) is 0 Å². The molecule has 5 nitrogen and oxygen atoms in total. The molecular formula is C13H22N2O3. The Hall–Kier alpha value is -1.07. The molecule has 1 aromatic heterocycles. The van der Waals surface area contributed by atoms with E-state index in [9.17, 15) is 5.11 Å². The van der Waals surface area contributed by atoms with E-state index in [0.717, 1.165) is 25.1 Å². The molecule has 0 amide bonds. The van der Waals surface area contributed by atoms with Crippen LogP contribution in [0.25, 0.3) is 0 Å². The fraction of sp³-hybridized carbons (Fsp3) is 0.769. The normalized spacial score (nSPS) is 19.3. The lowest BCUT2D eigenvalue weighted by Crippen LogP contribution is -2.40. The molecule has 1 heterocycles. The molecule has 0 bridgehead atoms. The van der Waals surface area contributed by atoms with Crippen LogP contribution in [0.3, 0.4) is 0 Å². The lowest BCUT2D eigenvalue weighted by molar-refractivity contribution is -0.101. The van der Waals surface area contributed by atoms with Crippen molar-refractivity contribution in [2.24, 2.45) is 0 Å². The van der Waals surface area contributed by atoms with E-state index >= 15 is 0 Å². The van der Waals surface area contributed by atoms with Crippen LogP contribution in [-0.4, -0.2) is 34.7 Å². The maximum atomic E-state index is 10.4. The number of nitrogens with zero attached hydrogens (tertiary/aromatic N) is 2. The quantitative estimate of drug-likeness (QED) is 0.842. The Morgan fingerprint density at radius 2 is 2.22 bits per heavy atom. The van der Waals surface area contributed by atoms with E-state index in [1.165, 1.54) is 6.42 Å². The van der Waals surface area contributed by atoms with E-state index < -0.39 is 6.10 Å². The average molecular weight is 254 g/mol. The molecule has 1 unspecified atom stereocenters. The molecule has 1 aliphatic rings. The molecule has 1 fully saturated rings. The molecule has 102 valence electrons. The molecule has 0 radical (unpaired) electrons. The first-order valence-corrected chi connectivity index (χ1v) is 6.48. The first-order chi connectivity index (χ1) is 8.65. The van der Waals surface area contributed by atoms with Gasteiger partial charge < -0.3 is 14.6 Å². The maximum Gasteiger partial charge on any atom is 0.162 e. The predicted molar refractivity (Wildman–Crippen MR) is 67.6 cm³/mol. The molecule has 2 rings (SSSR count). The summed E-state index contributed by atoms with van der Waals surface area (Å²) in [6.07, 6.45) is 4.87. The summed E-state index contributed by atoms with van der Waals surface area (Å²) in [5.74, 6) is 0.648. The van der Waals surface area contributed by atoms with Crippen molar-refractivity contribution in [2.45, 2.75) is 50.9 Å². The fourth-order valence-electron chi connectivity index (χ4n) is 2.63. The Bertz CT molecular complexity index is 372. The molecular weight excluding hydrogens is 232 g/mol. The first kappa shape index (κ1) is 13.4. The number of aliphatic hydroxyl groups is 1. The Labute approximate surface area is 108 Å². The van der Waals surface area contributed by atoms with Gasteiger partial charge >= 0.3 is 0 Å². The van der Waals surface area contributed by atoms with Gasteiger partial charge in [0.1, 0.15) is 11.8 Å². The van der Waals surface area contributed by atoms with Crippen LogP contribution in [0.5, 0.6) is 5.75 Å². The Balaban J connectivity index is 2.17. The summed E-state index contributed by atoms with van der Waals surface area (Å²) >= 11 is 0. The highest BCUT2D eigenvalue weighted by atomic mass is 16.5. The molecule has 0 aromatic carbocycles. The SMILES string of the molecule is CCn1ncc(OC)c1C(O)CC1(OC)CCC1. The number of aryl methyl sites for hydroxylation is 1. The van der Waals surface area contributed by atoms with Crippen molar-refractivity contribution in [3.05, 3.63) is 11.9 Å². The van der Waals surface area contributed by atoms with Crippen LogP contribution in [0.15, 0.2) is 6.20 Å². The zero-order valence-corrected chi connectivity index (χ0v) is 11.3. The molecule has 1 aliphatic carbocycles. The van der Waals surface area contributed by atoms with Gasteiger partial charge in [-0.05, 0) is 26.2 Å². The molecule has 0 aliphatic heterocycles. The average Bonchev–Trinajstić information content (AvgIpc) is 2.76. The van der Waals surface area contributed by atoms with Gasteiger partial charge in [-0.1, -0.05) is 0 Å². The minimum Gasteiger partial charge on any atom is -0.493 e.